The Kier molecular flexibility index (Phi) is 4.32. The summed E-state index contributed by atoms with van der Waals surface area (Å²) in [5.74, 6) is -0.242. The molecule has 1 atom stereocenters. The molecule has 1 aliphatic rings. The maximum absolute atomic E-state index is 12.8. The number of hydrogen-bond donors (Lipinski definition) is 1. The van der Waals surface area contributed by atoms with Crippen molar-refractivity contribution in [2.75, 3.05) is 19.6 Å². The summed E-state index contributed by atoms with van der Waals surface area (Å²) >= 11 is 0. The number of nitrogens with one attached hydrogen (secondary N) is 1. The Morgan fingerprint density at radius 1 is 1.42 bits per heavy atom. The van der Waals surface area contributed by atoms with Crippen LogP contribution in [0, 0.1) is 5.82 Å². The number of halogens is 1. The molecule has 1 aromatic carbocycles. The van der Waals surface area contributed by atoms with Crippen molar-refractivity contribution in [2.45, 2.75) is 19.9 Å². The zero-order valence-electron chi connectivity index (χ0n) is 11.3. The van der Waals surface area contributed by atoms with E-state index >= 15 is 0 Å². The van der Waals surface area contributed by atoms with Crippen LogP contribution in [0.1, 0.15) is 19.4 Å². The van der Waals surface area contributed by atoms with Crippen LogP contribution in [-0.2, 0) is 4.79 Å². The van der Waals surface area contributed by atoms with Crippen molar-refractivity contribution in [1.29, 1.82) is 0 Å². The third kappa shape index (κ3) is 3.64. The van der Waals surface area contributed by atoms with Crippen molar-refractivity contribution >= 4 is 11.5 Å². The van der Waals surface area contributed by atoms with Crippen LogP contribution in [0.2, 0.25) is 0 Å². The van der Waals surface area contributed by atoms with Crippen LogP contribution in [0.15, 0.2) is 30.3 Å². The van der Waals surface area contributed by atoms with Crippen molar-refractivity contribution < 1.29 is 9.18 Å². The third-order valence-corrected chi connectivity index (χ3v) is 3.32. The second-order valence-electron chi connectivity index (χ2n) is 4.97. The molecule has 1 aromatic rings. The molecule has 0 aromatic heterocycles. The van der Waals surface area contributed by atoms with Crippen molar-refractivity contribution in [2.24, 2.45) is 0 Å². The molecular weight excluding hydrogens is 243 g/mol. The van der Waals surface area contributed by atoms with Crippen LogP contribution in [0.25, 0.3) is 5.57 Å². The van der Waals surface area contributed by atoms with Crippen molar-refractivity contribution in [3.63, 3.8) is 0 Å². The fourth-order valence-corrected chi connectivity index (χ4v) is 2.21. The molecular formula is C15H19FN2O. The molecule has 1 aliphatic heterocycles. The van der Waals surface area contributed by atoms with E-state index in [1.807, 2.05) is 11.8 Å². The molecule has 0 radical (unpaired) electrons. The molecule has 102 valence electrons. The number of allylic oxidation sites excluding steroid dienone is 1. The first-order valence-electron chi connectivity index (χ1n) is 6.53. The van der Waals surface area contributed by atoms with Crippen LogP contribution in [0.3, 0.4) is 0 Å². The zero-order valence-corrected chi connectivity index (χ0v) is 11.3. The molecule has 3 nitrogen and oxygen atoms in total. The number of amides is 1. The van der Waals surface area contributed by atoms with Crippen molar-refractivity contribution in [1.82, 2.24) is 10.2 Å². The molecule has 4 heteroatoms. The fraction of sp³-hybridized carbons (Fsp3) is 0.400. The van der Waals surface area contributed by atoms with E-state index < -0.39 is 0 Å². The van der Waals surface area contributed by atoms with Gasteiger partial charge in [-0.25, -0.2) is 4.39 Å². The fourth-order valence-electron chi connectivity index (χ4n) is 2.21. The summed E-state index contributed by atoms with van der Waals surface area (Å²) in [5.41, 5.74) is 1.73. The highest BCUT2D eigenvalue weighted by molar-refractivity contribution is 5.94. The molecule has 1 fully saturated rings. The van der Waals surface area contributed by atoms with Gasteiger partial charge in [0, 0.05) is 31.8 Å². The van der Waals surface area contributed by atoms with E-state index in [4.69, 9.17) is 0 Å². The third-order valence-electron chi connectivity index (χ3n) is 3.32. The predicted octanol–water partition coefficient (Wildman–Crippen LogP) is 2.05. The van der Waals surface area contributed by atoms with Gasteiger partial charge in [0.05, 0.1) is 0 Å². The van der Waals surface area contributed by atoms with E-state index in [0.29, 0.717) is 6.04 Å². The summed E-state index contributed by atoms with van der Waals surface area (Å²) in [4.78, 5) is 14.0. The number of rotatable bonds is 2. The minimum Gasteiger partial charge on any atom is -0.336 e. The number of hydrogen-bond acceptors (Lipinski definition) is 2. The number of nitrogens with zero attached hydrogens (tertiary/aromatic N) is 1. The van der Waals surface area contributed by atoms with E-state index in [2.05, 4.69) is 12.2 Å². The normalized spacial score (nSPS) is 20.5. The molecule has 1 unspecified atom stereocenters. The lowest BCUT2D eigenvalue weighted by Crippen LogP contribution is -2.50. The monoisotopic (exact) mass is 262 g/mol. The molecule has 0 saturated carbocycles. The first-order valence-corrected chi connectivity index (χ1v) is 6.53. The Labute approximate surface area is 113 Å². The highest BCUT2D eigenvalue weighted by Crippen LogP contribution is 2.15. The van der Waals surface area contributed by atoms with Gasteiger partial charge in [-0.05, 0) is 37.1 Å². The molecule has 1 heterocycles. The molecule has 0 bridgehead atoms. The van der Waals surface area contributed by atoms with E-state index in [-0.39, 0.29) is 11.7 Å². The summed E-state index contributed by atoms with van der Waals surface area (Å²) < 4.78 is 12.8. The molecule has 1 saturated heterocycles. The van der Waals surface area contributed by atoms with Crippen LogP contribution in [-0.4, -0.2) is 36.5 Å². The van der Waals surface area contributed by atoms with E-state index in [9.17, 15) is 9.18 Å². The van der Waals surface area contributed by atoms with Crippen LogP contribution < -0.4 is 5.32 Å². The Balaban J connectivity index is 2.07. The van der Waals surface area contributed by atoms with E-state index in [1.165, 1.54) is 12.1 Å². The molecule has 1 N–H and O–H groups in total. The number of carbonyl (C=O) groups excluding carboxylic acids is 1. The average Bonchev–Trinajstić information content (AvgIpc) is 2.39. The van der Waals surface area contributed by atoms with E-state index in [0.717, 1.165) is 30.8 Å². The van der Waals surface area contributed by atoms with Gasteiger partial charge in [-0.3, -0.25) is 4.79 Å². The lowest BCUT2D eigenvalue weighted by atomic mass is 10.1. The minimum absolute atomic E-state index is 0.0233. The summed E-state index contributed by atoms with van der Waals surface area (Å²) in [6.07, 6.45) is 1.63. The van der Waals surface area contributed by atoms with Gasteiger partial charge in [0.15, 0.2) is 0 Å². The molecule has 0 aliphatic carbocycles. The number of piperazine rings is 1. The van der Waals surface area contributed by atoms with Gasteiger partial charge in [0.2, 0.25) is 5.91 Å². The summed E-state index contributed by atoms with van der Waals surface area (Å²) in [6, 6.07) is 6.52. The standard InChI is InChI=1S/C15H19FN2O/c1-11(13-3-5-14(16)6-4-13)9-15(19)18-8-7-17-12(2)10-18/h3-6,9,12,17H,7-8,10H2,1-2H3/b11-9+. The van der Waals surface area contributed by atoms with Crippen molar-refractivity contribution in [3.05, 3.63) is 41.7 Å². The SMILES string of the molecule is C/C(=C\C(=O)N1CCNC(C)C1)c1ccc(F)cc1. The second kappa shape index (κ2) is 5.97. The summed E-state index contributed by atoms with van der Waals surface area (Å²) in [7, 11) is 0. The largest absolute Gasteiger partial charge is 0.336 e. The number of carbonyl (C=O) groups is 1. The van der Waals surface area contributed by atoms with Crippen LogP contribution in [0.5, 0.6) is 0 Å². The maximum atomic E-state index is 12.8. The van der Waals surface area contributed by atoms with Gasteiger partial charge < -0.3 is 10.2 Å². The smallest absolute Gasteiger partial charge is 0.246 e. The first kappa shape index (κ1) is 13.7. The lowest BCUT2D eigenvalue weighted by molar-refractivity contribution is -0.127. The molecule has 2 rings (SSSR count). The molecule has 0 spiro atoms. The minimum atomic E-state index is -0.265. The van der Waals surface area contributed by atoms with Crippen molar-refractivity contribution in [3.8, 4) is 0 Å². The van der Waals surface area contributed by atoms with Crippen LogP contribution in [0.4, 0.5) is 4.39 Å². The van der Waals surface area contributed by atoms with Gasteiger partial charge in [-0.15, -0.1) is 0 Å². The number of benzene rings is 1. The lowest BCUT2D eigenvalue weighted by Gasteiger charge is -2.31. The molecule has 19 heavy (non-hydrogen) atoms. The Bertz CT molecular complexity index is 481. The average molecular weight is 262 g/mol. The molecule has 1 amide bonds. The summed E-state index contributed by atoms with van der Waals surface area (Å²) in [6.45, 7) is 6.23. The maximum Gasteiger partial charge on any atom is 0.246 e. The summed E-state index contributed by atoms with van der Waals surface area (Å²) in [5, 5.41) is 3.30. The van der Waals surface area contributed by atoms with Gasteiger partial charge in [-0.1, -0.05) is 12.1 Å². The van der Waals surface area contributed by atoms with Gasteiger partial charge >= 0.3 is 0 Å². The second-order valence-corrected chi connectivity index (χ2v) is 4.97. The highest BCUT2D eigenvalue weighted by atomic mass is 19.1. The Hall–Kier alpha value is -1.68. The Morgan fingerprint density at radius 3 is 2.74 bits per heavy atom. The van der Waals surface area contributed by atoms with E-state index in [1.54, 1.807) is 18.2 Å². The van der Waals surface area contributed by atoms with Crippen LogP contribution >= 0.6 is 0 Å². The first-order chi connectivity index (χ1) is 9.06. The van der Waals surface area contributed by atoms with Gasteiger partial charge in [-0.2, -0.15) is 0 Å². The highest BCUT2D eigenvalue weighted by Gasteiger charge is 2.18. The Morgan fingerprint density at radius 2 is 2.11 bits per heavy atom. The zero-order chi connectivity index (χ0) is 13.8. The van der Waals surface area contributed by atoms with Gasteiger partial charge in [0.25, 0.3) is 0 Å². The van der Waals surface area contributed by atoms with Gasteiger partial charge in [0.1, 0.15) is 5.82 Å². The topological polar surface area (TPSA) is 32.3 Å². The predicted molar refractivity (Wildman–Crippen MR) is 74.1 cm³/mol. The quantitative estimate of drug-likeness (QED) is 0.827.